The zero-order valence-corrected chi connectivity index (χ0v) is 17.6. The van der Waals surface area contributed by atoms with Crippen LogP contribution in [-0.2, 0) is 27.9 Å². The summed E-state index contributed by atoms with van der Waals surface area (Å²) >= 11 is 5.13. The van der Waals surface area contributed by atoms with Gasteiger partial charge in [-0.3, -0.25) is 9.89 Å². The molecular weight excluding hydrogens is 412 g/mol. The summed E-state index contributed by atoms with van der Waals surface area (Å²) in [6.45, 7) is 3.42. The van der Waals surface area contributed by atoms with Crippen molar-refractivity contribution in [2.24, 2.45) is 5.92 Å². The van der Waals surface area contributed by atoms with Gasteiger partial charge in [-0.05, 0) is 56.2 Å². The lowest BCUT2D eigenvalue weighted by molar-refractivity contribution is -0.126. The number of H-pyrrole nitrogens is 1. The minimum absolute atomic E-state index is 0.114. The normalized spacial score (nSPS) is 15.7. The molecule has 2 heterocycles. The molecule has 0 unspecified atom stereocenters. The predicted molar refractivity (Wildman–Crippen MR) is 108 cm³/mol. The third kappa shape index (κ3) is 4.55. The monoisotopic (exact) mass is 434 g/mol. The lowest BCUT2D eigenvalue weighted by Gasteiger charge is -2.30. The van der Waals surface area contributed by atoms with E-state index in [1.807, 2.05) is 17.6 Å². The smallest absolute Gasteiger partial charge is 0.243 e. The molecule has 0 saturated carbocycles. The zero-order valence-electron chi connectivity index (χ0n) is 16.0. The van der Waals surface area contributed by atoms with Crippen molar-refractivity contribution in [2.75, 3.05) is 13.1 Å². The maximum atomic E-state index is 12.8. The first kappa shape index (κ1) is 21.2. The Labute approximate surface area is 174 Å². The van der Waals surface area contributed by atoms with Crippen LogP contribution in [0.25, 0.3) is 0 Å². The highest BCUT2D eigenvalue weighted by Gasteiger charge is 2.32. The molecule has 0 atom stereocenters. The molecule has 9 nitrogen and oxygen atoms in total. The average molecular weight is 435 g/mol. The van der Waals surface area contributed by atoms with E-state index in [4.69, 9.17) is 17.5 Å². The first-order valence-electron chi connectivity index (χ1n) is 9.29. The van der Waals surface area contributed by atoms with Gasteiger partial charge in [0.2, 0.25) is 15.9 Å². The van der Waals surface area contributed by atoms with E-state index < -0.39 is 10.0 Å². The fraction of sp³-hybridized carbons (Fsp3) is 0.444. The Balaban J connectivity index is 1.57. The van der Waals surface area contributed by atoms with Crippen molar-refractivity contribution in [1.82, 2.24) is 24.4 Å². The van der Waals surface area contributed by atoms with E-state index in [1.54, 1.807) is 0 Å². The number of piperidine rings is 1. The summed E-state index contributed by atoms with van der Waals surface area (Å²) < 4.78 is 29.2. The molecule has 1 aliphatic rings. The molecule has 154 valence electrons. The van der Waals surface area contributed by atoms with Crippen molar-refractivity contribution in [3.8, 4) is 6.07 Å². The number of aromatic nitrogens is 3. The number of sulfonamides is 1. The fourth-order valence-electron chi connectivity index (χ4n) is 3.33. The molecule has 2 aromatic rings. The summed E-state index contributed by atoms with van der Waals surface area (Å²) in [6.07, 6.45) is 0.893. The number of rotatable bonds is 6. The molecule has 0 radical (unpaired) electrons. The standard InChI is InChI=1S/C18H22N6O3S2/c1-2-24-16(21-22-18(24)28)12-20-17(25)14-7-9-23(10-8-14)29(26,27)15-5-3-13(11-19)4-6-15/h3-6,14H,2,7-10,12H2,1H3,(H,20,25)(H,22,28). The van der Waals surface area contributed by atoms with E-state index in [0.717, 1.165) is 0 Å². The third-order valence-electron chi connectivity index (χ3n) is 5.02. The molecule has 1 amide bonds. The number of nitrogens with zero attached hydrogens (tertiary/aromatic N) is 4. The van der Waals surface area contributed by atoms with Crippen molar-refractivity contribution in [1.29, 1.82) is 5.26 Å². The van der Waals surface area contributed by atoms with Gasteiger partial charge in [0.05, 0.1) is 23.1 Å². The van der Waals surface area contributed by atoms with Crippen LogP contribution in [0.15, 0.2) is 29.2 Å². The molecule has 1 aromatic carbocycles. The molecule has 1 fully saturated rings. The lowest BCUT2D eigenvalue weighted by Crippen LogP contribution is -2.43. The summed E-state index contributed by atoms with van der Waals surface area (Å²) in [6, 6.07) is 7.81. The second-order valence-electron chi connectivity index (χ2n) is 6.72. The van der Waals surface area contributed by atoms with Crippen molar-refractivity contribution in [2.45, 2.75) is 37.8 Å². The number of benzene rings is 1. The maximum absolute atomic E-state index is 12.8. The highest BCUT2D eigenvalue weighted by atomic mass is 32.2. The van der Waals surface area contributed by atoms with E-state index in [9.17, 15) is 13.2 Å². The summed E-state index contributed by atoms with van der Waals surface area (Å²) in [5.74, 6) is 0.295. The molecule has 29 heavy (non-hydrogen) atoms. The Kier molecular flexibility index (Phi) is 6.46. The first-order valence-corrected chi connectivity index (χ1v) is 11.1. The van der Waals surface area contributed by atoms with Crippen LogP contribution >= 0.6 is 12.2 Å². The van der Waals surface area contributed by atoms with E-state index in [1.165, 1.54) is 28.6 Å². The van der Waals surface area contributed by atoms with Crippen LogP contribution < -0.4 is 5.32 Å². The molecule has 0 bridgehead atoms. The average Bonchev–Trinajstić information content (AvgIpc) is 3.11. The van der Waals surface area contributed by atoms with Crippen LogP contribution in [0, 0.1) is 22.0 Å². The van der Waals surface area contributed by atoms with Gasteiger partial charge in [0.15, 0.2) is 10.6 Å². The molecule has 3 rings (SSSR count). The number of carbonyl (C=O) groups excluding carboxylic acids is 1. The van der Waals surface area contributed by atoms with Crippen LogP contribution in [0.3, 0.4) is 0 Å². The van der Waals surface area contributed by atoms with Gasteiger partial charge >= 0.3 is 0 Å². The van der Waals surface area contributed by atoms with E-state index in [0.29, 0.717) is 35.5 Å². The third-order valence-corrected chi connectivity index (χ3v) is 7.24. The zero-order chi connectivity index (χ0) is 21.0. The Morgan fingerprint density at radius 3 is 2.59 bits per heavy atom. The second-order valence-corrected chi connectivity index (χ2v) is 9.05. The van der Waals surface area contributed by atoms with Crippen LogP contribution in [0.2, 0.25) is 0 Å². The summed E-state index contributed by atoms with van der Waals surface area (Å²) in [4.78, 5) is 12.6. The Hall–Kier alpha value is -2.55. The summed E-state index contributed by atoms with van der Waals surface area (Å²) in [5.41, 5.74) is 0.406. The highest BCUT2D eigenvalue weighted by Crippen LogP contribution is 2.24. The van der Waals surface area contributed by atoms with Gasteiger partial charge in [0.1, 0.15) is 0 Å². The molecule has 0 spiro atoms. The summed E-state index contributed by atoms with van der Waals surface area (Å²) in [7, 11) is -3.63. The van der Waals surface area contributed by atoms with Gasteiger partial charge in [-0.2, -0.15) is 14.7 Å². The maximum Gasteiger partial charge on any atom is 0.243 e. The highest BCUT2D eigenvalue weighted by molar-refractivity contribution is 7.89. The Bertz CT molecular complexity index is 1070. The van der Waals surface area contributed by atoms with E-state index >= 15 is 0 Å². The topological polar surface area (TPSA) is 124 Å². The SMILES string of the molecule is CCn1c(CNC(=O)C2CCN(S(=O)(=O)c3ccc(C#N)cc3)CC2)n[nH]c1=S. The first-order chi connectivity index (χ1) is 13.9. The molecule has 2 N–H and O–H groups in total. The van der Waals surface area contributed by atoms with Crippen LogP contribution in [0.1, 0.15) is 31.2 Å². The minimum Gasteiger partial charge on any atom is -0.349 e. The van der Waals surface area contributed by atoms with E-state index in [-0.39, 0.29) is 36.4 Å². The largest absolute Gasteiger partial charge is 0.349 e. The molecular formula is C18H22N6O3S2. The number of carbonyl (C=O) groups is 1. The van der Waals surface area contributed by atoms with Gasteiger partial charge in [0, 0.05) is 25.6 Å². The van der Waals surface area contributed by atoms with Crippen LogP contribution in [0.5, 0.6) is 0 Å². The number of nitrogens with one attached hydrogen (secondary N) is 2. The van der Waals surface area contributed by atoms with Crippen molar-refractivity contribution >= 4 is 28.1 Å². The van der Waals surface area contributed by atoms with Gasteiger partial charge in [0.25, 0.3) is 0 Å². The van der Waals surface area contributed by atoms with Crippen molar-refractivity contribution in [3.05, 3.63) is 40.4 Å². The number of amides is 1. The molecule has 1 aliphatic heterocycles. The number of nitriles is 1. The van der Waals surface area contributed by atoms with Gasteiger partial charge in [-0.25, -0.2) is 8.42 Å². The van der Waals surface area contributed by atoms with Crippen LogP contribution in [0.4, 0.5) is 0 Å². The summed E-state index contributed by atoms with van der Waals surface area (Å²) in [5, 5.41) is 18.5. The van der Waals surface area contributed by atoms with Crippen molar-refractivity contribution in [3.63, 3.8) is 0 Å². The van der Waals surface area contributed by atoms with Crippen LogP contribution in [-0.4, -0.2) is 46.5 Å². The Morgan fingerprint density at radius 2 is 2.00 bits per heavy atom. The predicted octanol–water partition coefficient (Wildman–Crippen LogP) is 1.55. The number of hydrogen-bond donors (Lipinski definition) is 2. The van der Waals surface area contributed by atoms with E-state index in [2.05, 4.69) is 15.5 Å². The number of aromatic amines is 1. The second kappa shape index (κ2) is 8.86. The van der Waals surface area contributed by atoms with Crippen molar-refractivity contribution < 1.29 is 13.2 Å². The van der Waals surface area contributed by atoms with Gasteiger partial charge < -0.3 is 9.88 Å². The minimum atomic E-state index is -3.63. The Morgan fingerprint density at radius 1 is 1.34 bits per heavy atom. The molecule has 1 aromatic heterocycles. The molecule has 11 heteroatoms. The van der Waals surface area contributed by atoms with Gasteiger partial charge in [-0.1, -0.05) is 0 Å². The molecule has 1 saturated heterocycles. The quantitative estimate of drug-likeness (QED) is 0.665. The lowest BCUT2D eigenvalue weighted by atomic mass is 9.97. The molecule has 0 aliphatic carbocycles. The van der Waals surface area contributed by atoms with Gasteiger partial charge in [-0.15, -0.1) is 0 Å². The number of hydrogen-bond acceptors (Lipinski definition) is 6. The fourth-order valence-corrected chi connectivity index (χ4v) is 5.08.